The van der Waals surface area contributed by atoms with Crippen molar-refractivity contribution in [2.24, 2.45) is 5.73 Å². The van der Waals surface area contributed by atoms with E-state index in [9.17, 15) is 9.90 Å². The Morgan fingerprint density at radius 2 is 1.81 bits per heavy atom. The molecule has 3 heterocycles. The molecular weight excluding hydrogens is 585 g/mol. The van der Waals surface area contributed by atoms with E-state index in [0.29, 0.717) is 95.5 Å². The number of carboxylic acids is 1. The molecule has 0 unspecified atom stereocenters. The zero-order valence-electron chi connectivity index (χ0n) is 22.8. The highest BCUT2D eigenvalue weighted by Crippen LogP contribution is 2.34. The molecule has 3 aromatic heterocycles. The van der Waals surface area contributed by atoms with Crippen molar-refractivity contribution in [3.8, 4) is 11.3 Å². The van der Waals surface area contributed by atoms with Crippen molar-refractivity contribution in [1.29, 1.82) is 0 Å². The maximum atomic E-state index is 11.8. The summed E-state index contributed by atoms with van der Waals surface area (Å²) in [5, 5.41) is 20.4. The number of nitrogens with two attached hydrogens (primary N) is 1. The number of aryl methyl sites for hydroxylation is 1. The minimum Gasteiger partial charge on any atom is -0.478 e. The van der Waals surface area contributed by atoms with Crippen LogP contribution in [0.5, 0.6) is 0 Å². The third kappa shape index (κ3) is 8.54. The largest absolute Gasteiger partial charge is 0.478 e. The number of ether oxygens (including phenoxy) is 2. The van der Waals surface area contributed by atoms with Crippen molar-refractivity contribution in [3.63, 3.8) is 0 Å². The Hall–Kier alpha value is -3.94. The first-order chi connectivity index (χ1) is 20.4. The number of pyridine rings is 1. The van der Waals surface area contributed by atoms with Crippen LogP contribution < -0.4 is 21.7 Å². The quantitative estimate of drug-likeness (QED) is 0.104. The summed E-state index contributed by atoms with van der Waals surface area (Å²) in [6.07, 6.45) is 2.76. The van der Waals surface area contributed by atoms with Crippen LogP contribution in [0.4, 0.5) is 23.0 Å². The molecule has 42 heavy (non-hydrogen) atoms. The Bertz CT molecular complexity index is 1500. The average molecular weight is 617 g/mol. The van der Waals surface area contributed by atoms with E-state index in [4.69, 9.17) is 42.8 Å². The average Bonchev–Trinajstić information content (AvgIpc) is 3.44. The number of carbonyl (C=O) groups is 1. The maximum absolute atomic E-state index is 11.8. The zero-order chi connectivity index (χ0) is 29.9. The highest BCUT2D eigenvalue weighted by atomic mass is 35.5. The van der Waals surface area contributed by atoms with E-state index < -0.39 is 5.97 Å². The van der Waals surface area contributed by atoms with E-state index in [1.165, 1.54) is 12.4 Å². The molecule has 4 rings (SSSR count). The van der Waals surface area contributed by atoms with Crippen LogP contribution in [0.15, 0.2) is 53.2 Å². The summed E-state index contributed by atoms with van der Waals surface area (Å²) in [6.45, 7) is 4.66. The topological polar surface area (TPSA) is 170 Å². The van der Waals surface area contributed by atoms with Gasteiger partial charge in [-0.25, -0.2) is 14.8 Å². The van der Waals surface area contributed by atoms with Gasteiger partial charge >= 0.3 is 5.97 Å². The normalized spacial score (nSPS) is 11.0. The molecule has 0 fully saturated rings. The number of furan rings is 1. The number of nitrogens with one attached hydrogen (secondary N) is 3. The molecule has 0 atom stereocenters. The van der Waals surface area contributed by atoms with E-state index in [1.54, 1.807) is 31.2 Å². The molecule has 0 radical (unpaired) electrons. The van der Waals surface area contributed by atoms with Gasteiger partial charge in [-0.05, 0) is 43.3 Å². The lowest BCUT2D eigenvalue weighted by molar-refractivity contribution is 0.0547. The Kier molecular flexibility index (Phi) is 11.3. The minimum absolute atomic E-state index is 0.00597. The summed E-state index contributed by atoms with van der Waals surface area (Å²) in [4.78, 5) is 24.8. The molecule has 0 spiro atoms. The van der Waals surface area contributed by atoms with Gasteiger partial charge in [0.1, 0.15) is 28.6 Å². The van der Waals surface area contributed by atoms with Crippen molar-refractivity contribution >= 4 is 52.2 Å². The van der Waals surface area contributed by atoms with Crippen molar-refractivity contribution < 1.29 is 23.8 Å². The van der Waals surface area contributed by atoms with Gasteiger partial charge in [-0.3, -0.25) is 4.98 Å². The lowest BCUT2D eigenvalue weighted by Crippen LogP contribution is -2.17. The van der Waals surface area contributed by atoms with Crippen LogP contribution in [0, 0.1) is 6.92 Å². The van der Waals surface area contributed by atoms with Gasteiger partial charge < -0.3 is 40.7 Å². The summed E-state index contributed by atoms with van der Waals surface area (Å²) < 4.78 is 17.0. The number of aromatic nitrogens is 3. The molecule has 6 N–H and O–H groups in total. The minimum atomic E-state index is -1.13. The van der Waals surface area contributed by atoms with E-state index >= 15 is 0 Å². The molecule has 0 aliphatic heterocycles. The monoisotopic (exact) mass is 615 g/mol. The molecule has 0 amide bonds. The molecule has 14 heteroatoms. The van der Waals surface area contributed by atoms with Crippen LogP contribution in [0.2, 0.25) is 10.0 Å². The van der Waals surface area contributed by atoms with Gasteiger partial charge in [-0.2, -0.15) is 0 Å². The first-order valence-corrected chi connectivity index (χ1v) is 13.8. The standard InChI is InChI=1S/C28H31Cl2N7O5/c1-17-35-26(33-9-11-41-13-12-40-10-7-31)25(27(36-17)37-23-6-8-32-16-21(23)28(38)39)34-15-19-3-5-24(42-19)20-14-18(29)2-4-22(20)30/h2-6,8,14,16,34H,7,9-13,15,31H2,1H3,(H,38,39)(H2,32,33,35,36,37). The molecule has 12 nitrogen and oxygen atoms in total. The van der Waals surface area contributed by atoms with E-state index in [0.717, 1.165) is 0 Å². The van der Waals surface area contributed by atoms with E-state index in [2.05, 4.69) is 30.9 Å². The highest BCUT2D eigenvalue weighted by Gasteiger charge is 2.18. The lowest BCUT2D eigenvalue weighted by Gasteiger charge is -2.18. The van der Waals surface area contributed by atoms with Crippen LogP contribution >= 0.6 is 23.2 Å². The number of nitrogens with zero attached hydrogens (tertiary/aromatic N) is 3. The van der Waals surface area contributed by atoms with Crippen LogP contribution in [-0.4, -0.2) is 65.5 Å². The van der Waals surface area contributed by atoms with Crippen molar-refractivity contribution in [3.05, 3.63) is 76.0 Å². The molecule has 0 bridgehead atoms. The molecule has 0 saturated carbocycles. The van der Waals surface area contributed by atoms with Gasteiger partial charge in [-0.15, -0.1) is 0 Å². The predicted molar refractivity (Wildman–Crippen MR) is 162 cm³/mol. The number of aromatic carboxylic acids is 1. The molecule has 4 aromatic rings. The molecule has 0 saturated heterocycles. The fourth-order valence-corrected chi connectivity index (χ4v) is 4.27. The molecular formula is C28H31Cl2N7O5. The second-order valence-corrected chi connectivity index (χ2v) is 9.72. The fraction of sp³-hybridized carbons (Fsp3) is 0.286. The summed E-state index contributed by atoms with van der Waals surface area (Å²) in [7, 11) is 0. The molecule has 222 valence electrons. The lowest BCUT2D eigenvalue weighted by atomic mass is 10.2. The van der Waals surface area contributed by atoms with Gasteiger partial charge in [0.05, 0.1) is 43.7 Å². The SMILES string of the molecule is Cc1nc(NCCOCCOCCN)c(NCc2ccc(-c3cc(Cl)ccc3Cl)o2)c(Nc2ccncc2C(=O)O)n1. The van der Waals surface area contributed by atoms with Gasteiger partial charge in [0.2, 0.25) is 0 Å². The summed E-state index contributed by atoms with van der Waals surface area (Å²) in [6, 6.07) is 10.3. The zero-order valence-corrected chi connectivity index (χ0v) is 24.3. The summed E-state index contributed by atoms with van der Waals surface area (Å²) in [5.41, 5.74) is 6.91. The second-order valence-electron chi connectivity index (χ2n) is 8.88. The summed E-state index contributed by atoms with van der Waals surface area (Å²) in [5.74, 6) is 1.35. The first kappa shape index (κ1) is 31.0. The number of hydrogen-bond acceptors (Lipinski definition) is 11. The number of anilines is 4. The third-order valence-electron chi connectivity index (χ3n) is 5.79. The van der Waals surface area contributed by atoms with Gasteiger partial charge in [0, 0.05) is 36.1 Å². The molecule has 1 aromatic carbocycles. The van der Waals surface area contributed by atoms with E-state index in [-0.39, 0.29) is 12.1 Å². The second kappa shape index (κ2) is 15.3. The van der Waals surface area contributed by atoms with Gasteiger partial charge in [-0.1, -0.05) is 23.2 Å². The summed E-state index contributed by atoms with van der Waals surface area (Å²) >= 11 is 12.5. The highest BCUT2D eigenvalue weighted by molar-refractivity contribution is 6.35. The Labute approximate surface area is 252 Å². The van der Waals surface area contributed by atoms with Crippen LogP contribution in [0.25, 0.3) is 11.3 Å². The van der Waals surface area contributed by atoms with Crippen LogP contribution in [0.3, 0.4) is 0 Å². The fourth-order valence-electron chi connectivity index (χ4n) is 3.89. The van der Waals surface area contributed by atoms with Crippen LogP contribution in [-0.2, 0) is 16.0 Å². The Morgan fingerprint density at radius 3 is 2.60 bits per heavy atom. The number of rotatable bonds is 16. The first-order valence-electron chi connectivity index (χ1n) is 13.1. The number of halogens is 2. The van der Waals surface area contributed by atoms with Crippen LogP contribution in [0.1, 0.15) is 21.9 Å². The Morgan fingerprint density at radius 1 is 1.02 bits per heavy atom. The van der Waals surface area contributed by atoms with Crippen molar-refractivity contribution in [2.45, 2.75) is 13.5 Å². The predicted octanol–water partition coefficient (Wildman–Crippen LogP) is 5.20. The smallest absolute Gasteiger partial charge is 0.339 e. The molecule has 0 aliphatic rings. The van der Waals surface area contributed by atoms with E-state index in [1.807, 2.05) is 12.1 Å². The van der Waals surface area contributed by atoms with Crippen molar-refractivity contribution in [1.82, 2.24) is 15.0 Å². The molecule has 0 aliphatic carbocycles. The number of benzene rings is 1. The van der Waals surface area contributed by atoms with Gasteiger partial charge in [0.15, 0.2) is 11.6 Å². The van der Waals surface area contributed by atoms with Gasteiger partial charge in [0.25, 0.3) is 0 Å². The third-order valence-corrected chi connectivity index (χ3v) is 6.36. The number of carboxylic acid groups (broad SMARTS) is 1. The number of hydrogen-bond donors (Lipinski definition) is 5. The van der Waals surface area contributed by atoms with Crippen molar-refractivity contribution in [2.75, 3.05) is 55.5 Å². The maximum Gasteiger partial charge on any atom is 0.339 e. The Balaban J connectivity index is 1.55.